The van der Waals surface area contributed by atoms with Crippen LogP contribution < -0.4 is 0 Å². The highest BCUT2D eigenvalue weighted by molar-refractivity contribution is 5.79. The maximum Gasteiger partial charge on any atom is 0.225 e. The van der Waals surface area contributed by atoms with Gasteiger partial charge in [0.25, 0.3) is 0 Å². The third kappa shape index (κ3) is 1.04. The lowest BCUT2D eigenvalue weighted by Crippen LogP contribution is -2.29. The summed E-state index contributed by atoms with van der Waals surface area (Å²) in [6.07, 6.45) is 2.20. The van der Waals surface area contributed by atoms with Crippen LogP contribution in [-0.4, -0.2) is 36.6 Å². The summed E-state index contributed by atoms with van der Waals surface area (Å²) in [6, 6.07) is 0. The summed E-state index contributed by atoms with van der Waals surface area (Å²) >= 11 is 0. The Kier molecular flexibility index (Phi) is 1.49. The molecule has 0 aromatic carbocycles. The molecule has 1 amide bonds. The summed E-state index contributed by atoms with van der Waals surface area (Å²) in [7, 11) is 3.63. The average molecular weight is 169 g/mol. The van der Waals surface area contributed by atoms with E-state index >= 15 is 0 Å². The van der Waals surface area contributed by atoms with Crippen LogP contribution in [0.4, 0.5) is 0 Å². The van der Waals surface area contributed by atoms with Gasteiger partial charge in [-0.25, -0.2) is 0 Å². The van der Waals surface area contributed by atoms with Gasteiger partial charge in [-0.15, -0.1) is 0 Å². The van der Waals surface area contributed by atoms with Gasteiger partial charge in [-0.05, 0) is 19.8 Å². The Balaban J connectivity index is 1.97. The zero-order chi connectivity index (χ0) is 8.93. The van der Waals surface area contributed by atoms with Crippen molar-refractivity contribution in [3.8, 4) is 0 Å². The molecule has 1 heterocycles. The van der Waals surface area contributed by atoms with E-state index in [4.69, 9.17) is 4.74 Å². The third-order valence-corrected chi connectivity index (χ3v) is 2.98. The largest absolute Gasteiger partial charge is 0.366 e. The molecule has 0 bridgehead atoms. The van der Waals surface area contributed by atoms with Crippen LogP contribution in [0.2, 0.25) is 0 Å². The number of epoxide rings is 1. The summed E-state index contributed by atoms with van der Waals surface area (Å²) in [5.74, 6) is 0.468. The highest BCUT2D eigenvalue weighted by atomic mass is 16.6. The van der Waals surface area contributed by atoms with Gasteiger partial charge in [0, 0.05) is 20.0 Å². The lowest BCUT2D eigenvalue weighted by molar-refractivity contribution is -0.133. The number of rotatable bonds is 1. The van der Waals surface area contributed by atoms with Gasteiger partial charge in [0.15, 0.2) is 0 Å². The van der Waals surface area contributed by atoms with Crippen LogP contribution >= 0.6 is 0 Å². The van der Waals surface area contributed by atoms with Gasteiger partial charge in [-0.2, -0.15) is 0 Å². The van der Waals surface area contributed by atoms with E-state index in [0.717, 1.165) is 12.8 Å². The predicted octanol–water partition coefficient (Wildman–Crippen LogP) is 0.642. The van der Waals surface area contributed by atoms with Crippen LogP contribution in [0.1, 0.15) is 19.8 Å². The monoisotopic (exact) mass is 169 g/mol. The molecule has 2 rings (SSSR count). The van der Waals surface area contributed by atoms with E-state index in [1.54, 1.807) is 4.90 Å². The van der Waals surface area contributed by atoms with Crippen molar-refractivity contribution in [3.05, 3.63) is 0 Å². The second-order valence-electron chi connectivity index (χ2n) is 4.29. The maximum absolute atomic E-state index is 11.5. The van der Waals surface area contributed by atoms with Gasteiger partial charge in [0.05, 0.1) is 11.7 Å². The molecule has 0 aromatic heterocycles. The average Bonchev–Trinajstić information content (AvgIpc) is 2.49. The molecule has 0 spiro atoms. The van der Waals surface area contributed by atoms with Gasteiger partial charge in [-0.1, -0.05) is 0 Å². The Morgan fingerprint density at radius 2 is 2.25 bits per heavy atom. The van der Waals surface area contributed by atoms with Crippen molar-refractivity contribution in [3.63, 3.8) is 0 Å². The fraction of sp³-hybridized carbons (Fsp3) is 0.889. The van der Waals surface area contributed by atoms with Gasteiger partial charge >= 0.3 is 0 Å². The molecule has 0 aromatic rings. The van der Waals surface area contributed by atoms with Crippen LogP contribution in [0.25, 0.3) is 0 Å². The number of fused-ring (bicyclic) bond motifs is 1. The van der Waals surface area contributed by atoms with Crippen LogP contribution in [0.15, 0.2) is 0 Å². The van der Waals surface area contributed by atoms with E-state index in [9.17, 15) is 4.79 Å². The molecule has 0 N–H and O–H groups in total. The molecule has 12 heavy (non-hydrogen) atoms. The maximum atomic E-state index is 11.5. The van der Waals surface area contributed by atoms with E-state index in [0.29, 0.717) is 6.10 Å². The van der Waals surface area contributed by atoms with Crippen molar-refractivity contribution in [2.45, 2.75) is 31.5 Å². The second kappa shape index (κ2) is 2.22. The van der Waals surface area contributed by atoms with E-state index in [-0.39, 0.29) is 17.4 Å². The zero-order valence-electron chi connectivity index (χ0n) is 7.83. The van der Waals surface area contributed by atoms with Crippen molar-refractivity contribution >= 4 is 5.91 Å². The van der Waals surface area contributed by atoms with Crippen LogP contribution in [-0.2, 0) is 9.53 Å². The SMILES string of the molecule is CN(C)C(=O)[C@@H]1C[C@@H]2O[C@]2(C)C1. The summed E-state index contributed by atoms with van der Waals surface area (Å²) in [6.45, 7) is 2.10. The smallest absolute Gasteiger partial charge is 0.225 e. The van der Waals surface area contributed by atoms with Crippen molar-refractivity contribution in [2.75, 3.05) is 14.1 Å². The van der Waals surface area contributed by atoms with Crippen molar-refractivity contribution < 1.29 is 9.53 Å². The first kappa shape index (κ1) is 8.05. The quantitative estimate of drug-likeness (QED) is 0.540. The number of nitrogens with zero attached hydrogens (tertiary/aromatic N) is 1. The van der Waals surface area contributed by atoms with Gasteiger partial charge < -0.3 is 9.64 Å². The first-order valence-electron chi connectivity index (χ1n) is 4.42. The Bertz CT molecular complexity index is 227. The molecular weight excluding hydrogens is 154 g/mol. The Morgan fingerprint density at radius 3 is 2.67 bits per heavy atom. The summed E-state index contributed by atoms with van der Waals surface area (Å²) in [5.41, 5.74) is 0.0519. The molecule has 1 saturated carbocycles. The van der Waals surface area contributed by atoms with Gasteiger partial charge in [-0.3, -0.25) is 4.79 Å². The van der Waals surface area contributed by atoms with Crippen LogP contribution in [0, 0.1) is 5.92 Å². The van der Waals surface area contributed by atoms with Gasteiger partial charge in [0.1, 0.15) is 0 Å². The zero-order valence-corrected chi connectivity index (χ0v) is 7.83. The van der Waals surface area contributed by atoms with Crippen molar-refractivity contribution in [1.29, 1.82) is 0 Å². The van der Waals surface area contributed by atoms with Crippen molar-refractivity contribution in [2.24, 2.45) is 5.92 Å². The first-order valence-corrected chi connectivity index (χ1v) is 4.42. The molecule has 1 aliphatic carbocycles. The fourth-order valence-corrected chi connectivity index (χ4v) is 2.15. The Hall–Kier alpha value is -0.570. The molecular formula is C9H15NO2. The molecule has 0 radical (unpaired) electrons. The first-order chi connectivity index (χ1) is 5.53. The fourth-order valence-electron chi connectivity index (χ4n) is 2.15. The number of amides is 1. The molecule has 68 valence electrons. The summed E-state index contributed by atoms with van der Waals surface area (Å²) < 4.78 is 5.43. The number of hydrogen-bond donors (Lipinski definition) is 0. The minimum absolute atomic E-state index is 0.0519. The van der Waals surface area contributed by atoms with E-state index in [1.165, 1.54) is 0 Å². The highest BCUT2D eigenvalue weighted by Crippen LogP contribution is 2.52. The normalized spacial score (nSPS) is 43.9. The van der Waals surface area contributed by atoms with Crippen LogP contribution in [0.3, 0.4) is 0 Å². The molecule has 3 atom stereocenters. The number of carbonyl (C=O) groups excluding carboxylic acids is 1. The molecule has 3 heteroatoms. The lowest BCUT2D eigenvalue weighted by Gasteiger charge is -2.17. The molecule has 0 unspecified atom stereocenters. The second-order valence-corrected chi connectivity index (χ2v) is 4.29. The Labute approximate surface area is 72.7 Å². The molecule has 3 nitrogen and oxygen atoms in total. The minimum Gasteiger partial charge on any atom is -0.366 e. The van der Waals surface area contributed by atoms with Gasteiger partial charge in [0.2, 0.25) is 5.91 Å². The highest BCUT2D eigenvalue weighted by Gasteiger charge is 2.60. The predicted molar refractivity (Wildman–Crippen MR) is 44.7 cm³/mol. The minimum atomic E-state index is 0.0519. The number of carbonyl (C=O) groups is 1. The molecule has 1 saturated heterocycles. The summed E-state index contributed by atoms with van der Waals surface area (Å²) in [5, 5.41) is 0. The lowest BCUT2D eigenvalue weighted by atomic mass is 10.0. The van der Waals surface area contributed by atoms with Crippen LogP contribution in [0.5, 0.6) is 0 Å². The molecule has 1 aliphatic heterocycles. The molecule has 2 aliphatic rings. The third-order valence-electron chi connectivity index (χ3n) is 2.98. The standard InChI is InChI=1S/C9H15NO2/c1-9-5-6(4-7(9)12-9)8(11)10(2)3/h6-7H,4-5H2,1-3H3/t6-,7+,9-/m1/s1. The van der Waals surface area contributed by atoms with E-state index < -0.39 is 0 Å². The Morgan fingerprint density at radius 1 is 1.58 bits per heavy atom. The van der Waals surface area contributed by atoms with E-state index in [1.807, 2.05) is 14.1 Å². The molecule has 2 fully saturated rings. The number of hydrogen-bond acceptors (Lipinski definition) is 2. The van der Waals surface area contributed by atoms with Crippen molar-refractivity contribution in [1.82, 2.24) is 4.90 Å². The van der Waals surface area contributed by atoms with E-state index in [2.05, 4.69) is 6.92 Å². The summed E-state index contributed by atoms with van der Waals surface area (Å²) in [4.78, 5) is 13.2. The number of ether oxygens (including phenoxy) is 1. The topological polar surface area (TPSA) is 32.8 Å².